The van der Waals surface area contributed by atoms with E-state index in [0.29, 0.717) is 22.6 Å². The molecular weight excluding hydrogens is 362 g/mol. The van der Waals surface area contributed by atoms with Crippen molar-refractivity contribution in [1.82, 2.24) is 9.38 Å². The van der Waals surface area contributed by atoms with Gasteiger partial charge in [-0.25, -0.2) is 9.78 Å². The van der Waals surface area contributed by atoms with Gasteiger partial charge in [-0.2, -0.15) is 0 Å². The van der Waals surface area contributed by atoms with Gasteiger partial charge in [0.25, 0.3) is 11.5 Å². The van der Waals surface area contributed by atoms with Crippen LogP contribution >= 0.6 is 22.7 Å². The van der Waals surface area contributed by atoms with Crippen molar-refractivity contribution in [1.29, 1.82) is 0 Å². The predicted molar refractivity (Wildman–Crippen MR) is 97.4 cm³/mol. The molecule has 0 aliphatic carbocycles. The molecule has 0 unspecified atom stereocenters. The van der Waals surface area contributed by atoms with Crippen molar-refractivity contribution in [3.05, 3.63) is 49.2 Å². The highest BCUT2D eigenvalue weighted by Gasteiger charge is 2.23. The maximum Gasteiger partial charge on any atom is 0.339 e. The Labute approximate surface area is 150 Å². The number of aryl methyl sites for hydroxylation is 2. The van der Waals surface area contributed by atoms with Crippen LogP contribution in [0.5, 0.6) is 0 Å². The molecule has 7 nitrogen and oxygen atoms in total. The highest BCUT2D eigenvalue weighted by Crippen LogP contribution is 2.33. The second kappa shape index (κ2) is 6.41. The Morgan fingerprint density at radius 2 is 2.08 bits per heavy atom. The molecule has 3 aromatic rings. The zero-order valence-corrected chi connectivity index (χ0v) is 15.4. The number of nitrogens with one attached hydrogen (secondary N) is 1. The minimum Gasteiger partial charge on any atom is -0.478 e. The average molecular weight is 377 g/mol. The van der Waals surface area contributed by atoms with E-state index >= 15 is 0 Å². The molecular formula is C16H15N3O4S2. The number of carboxylic acid groups (broad SMARTS) is 1. The van der Waals surface area contributed by atoms with Gasteiger partial charge in [0, 0.05) is 22.1 Å². The number of nitrogens with zero attached hydrogens (tertiary/aromatic N) is 2. The van der Waals surface area contributed by atoms with Gasteiger partial charge < -0.3 is 10.4 Å². The predicted octanol–water partition coefficient (Wildman–Crippen LogP) is 2.95. The Morgan fingerprint density at radius 3 is 2.72 bits per heavy atom. The molecule has 0 fully saturated rings. The van der Waals surface area contributed by atoms with Crippen LogP contribution in [0.3, 0.4) is 0 Å². The number of anilines is 1. The Morgan fingerprint density at radius 1 is 1.36 bits per heavy atom. The molecule has 0 saturated carbocycles. The van der Waals surface area contributed by atoms with Crippen LogP contribution in [-0.4, -0.2) is 26.4 Å². The van der Waals surface area contributed by atoms with E-state index in [2.05, 4.69) is 10.3 Å². The first kappa shape index (κ1) is 17.3. The molecule has 0 spiro atoms. The maximum absolute atomic E-state index is 12.5. The van der Waals surface area contributed by atoms with Crippen LogP contribution in [0.4, 0.5) is 5.00 Å². The number of amides is 1. The summed E-state index contributed by atoms with van der Waals surface area (Å²) in [4.78, 5) is 42.1. The van der Waals surface area contributed by atoms with E-state index in [0.717, 1.165) is 4.88 Å². The van der Waals surface area contributed by atoms with Crippen LogP contribution in [0.15, 0.2) is 16.4 Å². The first-order chi connectivity index (χ1) is 11.8. The Balaban J connectivity index is 2.04. The fourth-order valence-corrected chi connectivity index (χ4v) is 4.63. The van der Waals surface area contributed by atoms with Gasteiger partial charge >= 0.3 is 5.97 Å². The second-order valence-corrected chi connectivity index (χ2v) is 7.49. The standard InChI is InChI=1S/C16H15N3O4S2/c1-4-9-8(3)25-13(11(9)15(22)23)18-12(20)10-5-17-16-19(14(10)21)7(2)6-24-16/h5-6H,4H2,1-3H3,(H,18,20)(H,22,23). The number of carbonyl (C=O) groups excluding carboxylic acids is 1. The summed E-state index contributed by atoms with van der Waals surface area (Å²) in [6.45, 7) is 5.42. The van der Waals surface area contributed by atoms with Gasteiger partial charge in [-0.05, 0) is 25.8 Å². The van der Waals surface area contributed by atoms with E-state index in [1.54, 1.807) is 12.3 Å². The van der Waals surface area contributed by atoms with Crippen molar-refractivity contribution in [2.75, 3.05) is 5.32 Å². The molecule has 1 amide bonds. The Hall–Kier alpha value is -2.52. The lowest BCUT2D eigenvalue weighted by molar-refractivity contribution is 0.0697. The number of hydrogen-bond donors (Lipinski definition) is 2. The molecule has 130 valence electrons. The molecule has 3 heterocycles. The zero-order chi connectivity index (χ0) is 18.3. The number of rotatable bonds is 4. The highest BCUT2D eigenvalue weighted by atomic mass is 32.1. The second-order valence-electron chi connectivity index (χ2n) is 5.43. The van der Waals surface area contributed by atoms with Gasteiger partial charge in [-0.15, -0.1) is 22.7 Å². The number of aromatic nitrogens is 2. The van der Waals surface area contributed by atoms with E-state index in [4.69, 9.17) is 0 Å². The number of carboxylic acids is 1. The third kappa shape index (κ3) is 2.85. The molecule has 2 N–H and O–H groups in total. The van der Waals surface area contributed by atoms with Crippen molar-refractivity contribution in [3.63, 3.8) is 0 Å². The lowest BCUT2D eigenvalue weighted by Crippen LogP contribution is -2.26. The van der Waals surface area contributed by atoms with E-state index < -0.39 is 17.4 Å². The zero-order valence-electron chi connectivity index (χ0n) is 13.7. The molecule has 9 heteroatoms. The smallest absolute Gasteiger partial charge is 0.339 e. The van der Waals surface area contributed by atoms with Crippen molar-refractivity contribution in [3.8, 4) is 0 Å². The SMILES string of the molecule is CCc1c(C)sc(NC(=O)c2cnc3scc(C)n3c2=O)c1C(=O)O. The molecule has 0 radical (unpaired) electrons. The summed E-state index contributed by atoms with van der Waals surface area (Å²) in [5.41, 5.74) is 0.867. The fraction of sp³-hybridized carbons (Fsp3) is 0.250. The van der Waals surface area contributed by atoms with E-state index in [1.165, 1.54) is 33.3 Å². The summed E-state index contributed by atoms with van der Waals surface area (Å²) in [5.74, 6) is -1.76. The van der Waals surface area contributed by atoms with Gasteiger partial charge in [-0.1, -0.05) is 6.92 Å². The van der Waals surface area contributed by atoms with Crippen LogP contribution in [0.2, 0.25) is 0 Å². The van der Waals surface area contributed by atoms with Crippen LogP contribution in [0.25, 0.3) is 4.96 Å². The average Bonchev–Trinajstić information content (AvgIpc) is 3.07. The lowest BCUT2D eigenvalue weighted by atomic mass is 10.1. The summed E-state index contributed by atoms with van der Waals surface area (Å²) >= 11 is 2.50. The van der Waals surface area contributed by atoms with Crippen LogP contribution in [-0.2, 0) is 6.42 Å². The molecule has 3 rings (SSSR count). The molecule has 25 heavy (non-hydrogen) atoms. The molecule has 0 aliphatic heterocycles. The number of thiophene rings is 1. The molecule has 0 aromatic carbocycles. The van der Waals surface area contributed by atoms with Gasteiger partial charge in [0.15, 0.2) is 4.96 Å². The first-order valence-corrected chi connectivity index (χ1v) is 9.17. The van der Waals surface area contributed by atoms with Crippen molar-refractivity contribution in [2.45, 2.75) is 27.2 Å². The van der Waals surface area contributed by atoms with Crippen molar-refractivity contribution < 1.29 is 14.7 Å². The lowest BCUT2D eigenvalue weighted by Gasteiger charge is -2.05. The number of carbonyl (C=O) groups is 2. The van der Waals surface area contributed by atoms with Crippen LogP contribution in [0.1, 0.15) is 43.8 Å². The Bertz CT molecular complexity index is 1060. The number of aromatic carboxylic acids is 1. The van der Waals surface area contributed by atoms with Crippen LogP contribution < -0.4 is 10.9 Å². The topological polar surface area (TPSA) is 101 Å². The minimum atomic E-state index is -1.10. The minimum absolute atomic E-state index is 0.0826. The highest BCUT2D eigenvalue weighted by molar-refractivity contribution is 7.17. The molecule has 0 saturated heterocycles. The molecule has 0 bridgehead atoms. The maximum atomic E-state index is 12.5. The quantitative estimate of drug-likeness (QED) is 0.728. The number of fused-ring (bicyclic) bond motifs is 1. The summed E-state index contributed by atoms with van der Waals surface area (Å²) in [5, 5.41) is 14.0. The molecule has 0 atom stereocenters. The molecule has 3 aromatic heterocycles. The normalized spacial score (nSPS) is 11.0. The van der Waals surface area contributed by atoms with E-state index in [-0.39, 0.29) is 16.1 Å². The van der Waals surface area contributed by atoms with E-state index in [1.807, 2.05) is 13.8 Å². The monoisotopic (exact) mass is 377 g/mol. The van der Waals surface area contributed by atoms with Crippen molar-refractivity contribution in [2.24, 2.45) is 0 Å². The van der Waals surface area contributed by atoms with Crippen LogP contribution in [0, 0.1) is 13.8 Å². The summed E-state index contributed by atoms with van der Waals surface area (Å²) in [7, 11) is 0. The summed E-state index contributed by atoms with van der Waals surface area (Å²) in [6, 6.07) is 0. The van der Waals surface area contributed by atoms with E-state index in [9.17, 15) is 19.5 Å². The molecule has 0 aliphatic rings. The summed E-state index contributed by atoms with van der Waals surface area (Å²) < 4.78 is 1.37. The number of hydrogen-bond acceptors (Lipinski definition) is 6. The van der Waals surface area contributed by atoms with Gasteiger partial charge in [0.2, 0.25) is 0 Å². The third-order valence-corrected chi connectivity index (χ3v) is 5.89. The number of thiazole rings is 1. The third-order valence-electron chi connectivity index (χ3n) is 3.86. The van der Waals surface area contributed by atoms with Crippen molar-refractivity contribution >= 4 is 44.5 Å². The fourth-order valence-electron chi connectivity index (χ4n) is 2.67. The first-order valence-electron chi connectivity index (χ1n) is 7.47. The largest absolute Gasteiger partial charge is 0.478 e. The van der Waals surface area contributed by atoms with Gasteiger partial charge in [0.05, 0.1) is 5.56 Å². The Kier molecular flexibility index (Phi) is 4.44. The van der Waals surface area contributed by atoms with Gasteiger partial charge in [-0.3, -0.25) is 14.0 Å². The summed E-state index contributed by atoms with van der Waals surface area (Å²) in [6.07, 6.45) is 1.77. The van der Waals surface area contributed by atoms with Gasteiger partial charge in [0.1, 0.15) is 10.6 Å².